The molecule has 16 heavy (non-hydrogen) atoms. The molecule has 0 N–H and O–H groups in total. The largest absolute Gasteiger partial charge is 0.237 e. The highest BCUT2D eigenvalue weighted by Crippen LogP contribution is 2.24. The molecule has 0 unspecified atom stereocenters. The highest BCUT2D eigenvalue weighted by atomic mass is 79.9. The van der Waals surface area contributed by atoms with E-state index < -0.39 is 0 Å². The predicted molar refractivity (Wildman–Crippen MR) is 66.3 cm³/mol. The minimum absolute atomic E-state index is 0.500. The standard InChI is InChI=1S/C11H8BrN3O/c12-9-4-6-10(7-5-9)15(14-16)11-3-1-2-8-13-11/h1-8H. The van der Waals surface area contributed by atoms with Crippen molar-refractivity contribution in [2.24, 2.45) is 5.29 Å². The molecule has 0 spiro atoms. The fourth-order valence-electron chi connectivity index (χ4n) is 1.28. The van der Waals surface area contributed by atoms with Gasteiger partial charge in [0.25, 0.3) is 0 Å². The van der Waals surface area contributed by atoms with Crippen molar-refractivity contribution in [1.82, 2.24) is 4.98 Å². The number of hydrogen-bond donors (Lipinski definition) is 0. The zero-order valence-corrected chi connectivity index (χ0v) is 9.83. The van der Waals surface area contributed by atoms with Crippen LogP contribution in [0.3, 0.4) is 0 Å². The Morgan fingerprint density at radius 2 is 1.88 bits per heavy atom. The lowest BCUT2D eigenvalue weighted by molar-refractivity contribution is 1.02. The Labute approximate surface area is 101 Å². The SMILES string of the molecule is O=NN(c1ccc(Br)cc1)c1ccccn1. The van der Waals surface area contributed by atoms with Gasteiger partial charge in [-0.1, -0.05) is 22.0 Å². The number of aromatic nitrogens is 1. The molecule has 2 aromatic rings. The molecule has 0 amide bonds. The molecule has 1 aromatic heterocycles. The van der Waals surface area contributed by atoms with E-state index >= 15 is 0 Å². The Kier molecular flexibility index (Phi) is 3.26. The summed E-state index contributed by atoms with van der Waals surface area (Å²) in [5.41, 5.74) is 0.678. The van der Waals surface area contributed by atoms with Gasteiger partial charge < -0.3 is 0 Å². The molecule has 0 bridgehead atoms. The zero-order chi connectivity index (χ0) is 11.4. The van der Waals surface area contributed by atoms with Crippen molar-refractivity contribution in [3.05, 3.63) is 58.0 Å². The van der Waals surface area contributed by atoms with Crippen LogP contribution >= 0.6 is 15.9 Å². The third kappa shape index (κ3) is 2.25. The topological polar surface area (TPSA) is 45.6 Å². The third-order valence-corrected chi connectivity index (χ3v) is 2.55. The van der Waals surface area contributed by atoms with E-state index in [0.29, 0.717) is 11.5 Å². The molecular weight excluding hydrogens is 270 g/mol. The van der Waals surface area contributed by atoms with E-state index in [-0.39, 0.29) is 0 Å². The van der Waals surface area contributed by atoms with Gasteiger partial charge in [-0.15, -0.1) is 4.91 Å². The van der Waals surface area contributed by atoms with Crippen LogP contribution in [0, 0.1) is 4.91 Å². The van der Waals surface area contributed by atoms with Gasteiger partial charge in [-0.3, -0.25) is 0 Å². The van der Waals surface area contributed by atoms with Gasteiger partial charge in [0.15, 0.2) is 5.82 Å². The molecule has 0 atom stereocenters. The molecule has 5 heteroatoms. The molecule has 0 saturated heterocycles. The van der Waals surface area contributed by atoms with E-state index in [4.69, 9.17) is 0 Å². The van der Waals surface area contributed by atoms with Crippen molar-refractivity contribution in [3.8, 4) is 0 Å². The number of anilines is 2. The number of nitroso groups, excluding NO2 is 1. The van der Waals surface area contributed by atoms with Crippen LogP contribution in [0.1, 0.15) is 0 Å². The summed E-state index contributed by atoms with van der Waals surface area (Å²) < 4.78 is 0.947. The molecule has 0 radical (unpaired) electrons. The molecule has 0 aliphatic heterocycles. The quantitative estimate of drug-likeness (QED) is 0.635. The van der Waals surface area contributed by atoms with Crippen LogP contribution in [0.2, 0.25) is 0 Å². The number of nitrogens with zero attached hydrogens (tertiary/aromatic N) is 3. The number of benzene rings is 1. The summed E-state index contributed by atoms with van der Waals surface area (Å²) in [5.74, 6) is 0.500. The van der Waals surface area contributed by atoms with Crippen molar-refractivity contribution in [2.75, 3.05) is 5.01 Å². The molecule has 0 fully saturated rings. The highest BCUT2D eigenvalue weighted by molar-refractivity contribution is 9.10. The maximum Gasteiger partial charge on any atom is 0.157 e. The number of hydrogen-bond acceptors (Lipinski definition) is 3. The molecule has 0 aliphatic rings. The van der Waals surface area contributed by atoms with Gasteiger partial charge in [-0.2, -0.15) is 5.01 Å². The van der Waals surface area contributed by atoms with Gasteiger partial charge in [0.1, 0.15) is 0 Å². The average Bonchev–Trinajstić information content (AvgIpc) is 2.34. The average molecular weight is 278 g/mol. The van der Waals surface area contributed by atoms with Crippen molar-refractivity contribution < 1.29 is 0 Å². The van der Waals surface area contributed by atoms with Crippen molar-refractivity contribution in [1.29, 1.82) is 0 Å². The Morgan fingerprint density at radius 3 is 2.44 bits per heavy atom. The Hall–Kier alpha value is -1.75. The van der Waals surface area contributed by atoms with E-state index in [1.54, 1.807) is 36.5 Å². The van der Waals surface area contributed by atoms with Gasteiger partial charge in [-0.25, -0.2) is 4.98 Å². The van der Waals surface area contributed by atoms with Gasteiger partial charge >= 0.3 is 0 Å². The third-order valence-electron chi connectivity index (χ3n) is 2.02. The molecule has 1 heterocycles. The predicted octanol–water partition coefficient (Wildman–Crippen LogP) is 3.66. The summed E-state index contributed by atoms with van der Waals surface area (Å²) in [6.45, 7) is 0. The lowest BCUT2D eigenvalue weighted by Gasteiger charge is -2.13. The lowest BCUT2D eigenvalue weighted by Crippen LogP contribution is -2.08. The number of halogens is 1. The zero-order valence-electron chi connectivity index (χ0n) is 8.25. The fourth-order valence-corrected chi connectivity index (χ4v) is 1.55. The molecule has 1 aromatic carbocycles. The molecule has 80 valence electrons. The van der Waals surface area contributed by atoms with Crippen molar-refractivity contribution in [3.63, 3.8) is 0 Å². The van der Waals surface area contributed by atoms with Gasteiger partial charge in [0.2, 0.25) is 0 Å². The van der Waals surface area contributed by atoms with Gasteiger partial charge in [0.05, 0.1) is 11.0 Å². The Balaban J connectivity index is 2.37. The van der Waals surface area contributed by atoms with Crippen molar-refractivity contribution in [2.45, 2.75) is 0 Å². The van der Waals surface area contributed by atoms with Crippen LogP contribution in [0.5, 0.6) is 0 Å². The van der Waals surface area contributed by atoms with Crippen LogP contribution in [0.15, 0.2) is 58.4 Å². The van der Waals surface area contributed by atoms with E-state index in [9.17, 15) is 4.91 Å². The monoisotopic (exact) mass is 277 g/mol. The first kappa shape index (κ1) is 10.8. The second-order valence-corrected chi connectivity index (χ2v) is 3.97. The van der Waals surface area contributed by atoms with E-state index in [0.717, 1.165) is 4.47 Å². The normalized spacial score (nSPS) is 9.81. The summed E-state index contributed by atoms with van der Waals surface area (Å²) in [6, 6.07) is 12.6. The lowest BCUT2D eigenvalue weighted by atomic mass is 10.3. The first-order valence-corrected chi connectivity index (χ1v) is 5.40. The summed E-state index contributed by atoms with van der Waals surface area (Å²) in [5, 5.41) is 4.21. The fraction of sp³-hybridized carbons (Fsp3) is 0. The maximum atomic E-state index is 10.8. The molecule has 4 nitrogen and oxygen atoms in total. The summed E-state index contributed by atoms with van der Waals surface area (Å²) >= 11 is 3.33. The molecular formula is C11H8BrN3O. The molecule has 2 rings (SSSR count). The van der Waals surface area contributed by atoms with Crippen LogP contribution in [0.4, 0.5) is 11.5 Å². The Morgan fingerprint density at radius 1 is 1.12 bits per heavy atom. The van der Waals surface area contributed by atoms with Crippen LogP contribution in [0.25, 0.3) is 0 Å². The van der Waals surface area contributed by atoms with Gasteiger partial charge in [0, 0.05) is 10.7 Å². The van der Waals surface area contributed by atoms with E-state index in [1.165, 1.54) is 5.01 Å². The smallest absolute Gasteiger partial charge is 0.157 e. The number of rotatable bonds is 3. The van der Waals surface area contributed by atoms with Crippen LogP contribution in [-0.4, -0.2) is 4.98 Å². The van der Waals surface area contributed by atoms with Crippen molar-refractivity contribution >= 4 is 27.4 Å². The summed E-state index contributed by atoms with van der Waals surface area (Å²) in [7, 11) is 0. The minimum atomic E-state index is 0.500. The molecule has 0 aliphatic carbocycles. The van der Waals surface area contributed by atoms with E-state index in [2.05, 4.69) is 26.2 Å². The number of pyridine rings is 1. The first-order chi connectivity index (χ1) is 7.81. The second-order valence-electron chi connectivity index (χ2n) is 3.06. The maximum absolute atomic E-state index is 10.8. The highest BCUT2D eigenvalue weighted by Gasteiger charge is 2.09. The molecule has 0 saturated carbocycles. The van der Waals surface area contributed by atoms with Crippen LogP contribution in [-0.2, 0) is 0 Å². The first-order valence-electron chi connectivity index (χ1n) is 4.61. The van der Waals surface area contributed by atoms with Crippen LogP contribution < -0.4 is 5.01 Å². The summed E-state index contributed by atoms with van der Waals surface area (Å²) in [6.07, 6.45) is 1.62. The second kappa shape index (κ2) is 4.85. The Bertz CT molecular complexity index is 472. The van der Waals surface area contributed by atoms with Gasteiger partial charge in [-0.05, 0) is 36.4 Å². The van der Waals surface area contributed by atoms with E-state index in [1.807, 2.05) is 12.1 Å². The minimum Gasteiger partial charge on any atom is -0.237 e. The summed E-state index contributed by atoms with van der Waals surface area (Å²) in [4.78, 5) is 14.9.